The highest BCUT2D eigenvalue weighted by atomic mass is 16.1. The predicted octanol–water partition coefficient (Wildman–Crippen LogP) is 4.11. The van der Waals surface area contributed by atoms with Crippen LogP contribution in [-0.4, -0.2) is 33.7 Å². The lowest BCUT2D eigenvalue weighted by molar-refractivity contribution is 0.0810. The van der Waals surface area contributed by atoms with Gasteiger partial charge in [0.15, 0.2) is 5.78 Å². The zero-order chi connectivity index (χ0) is 18.0. The highest BCUT2D eigenvalue weighted by Crippen LogP contribution is 2.25. The average Bonchev–Trinajstić information content (AvgIpc) is 2.98. The summed E-state index contributed by atoms with van der Waals surface area (Å²) >= 11 is 0. The fourth-order valence-corrected chi connectivity index (χ4v) is 3.58. The fourth-order valence-electron chi connectivity index (χ4n) is 3.58. The first-order valence-corrected chi connectivity index (χ1v) is 9.20. The molecular weight excluding hydrogens is 310 g/mol. The number of carbonyl (C=O) groups excluding carboxylic acids is 1. The number of aryl methyl sites for hydroxylation is 1. The number of carbonyl (C=O) groups is 1. The monoisotopic (exact) mass is 339 g/mol. The Morgan fingerprint density at radius 2 is 2.00 bits per heavy atom. The highest BCUT2D eigenvalue weighted by Gasteiger charge is 2.27. The number of hydrogen-bond acceptors (Lipinski definition) is 3. The topological polar surface area (TPSA) is 49.0 Å². The van der Waals surface area contributed by atoms with E-state index in [0.717, 1.165) is 49.6 Å². The number of hydrogen-bond donors (Lipinski definition) is 1. The third kappa shape index (κ3) is 4.37. The normalized spacial score (nSPS) is 19.1. The molecule has 134 valence electrons. The van der Waals surface area contributed by atoms with Gasteiger partial charge in [-0.1, -0.05) is 45.0 Å². The van der Waals surface area contributed by atoms with Crippen LogP contribution in [0.25, 0.3) is 0 Å². The zero-order valence-corrected chi connectivity index (χ0v) is 15.8. The predicted molar refractivity (Wildman–Crippen MR) is 101 cm³/mol. The Balaban J connectivity index is 1.65. The molecule has 4 heteroatoms. The van der Waals surface area contributed by atoms with Crippen LogP contribution in [0.1, 0.15) is 61.1 Å². The van der Waals surface area contributed by atoms with Gasteiger partial charge in [-0.3, -0.25) is 9.69 Å². The Kier molecular flexibility index (Phi) is 5.09. The van der Waals surface area contributed by atoms with Crippen LogP contribution < -0.4 is 0 Å². The number of nitrogens with zero attached hydrogens (tertiary/aromatic N) is 2. The van der Waals surface area contributed by atoms with Gasteiger partial charge in [-0.05, 0) is 37.3 Å². The number of rotatable bonds is 4. The quantitative estimate of drug-likeness (QED) is 0.853. The molecule has 1 fully saturated rings. The van der Waals surface area contributed by atoms with E-state index in [0.29, 0.717) is 0 Å². The first-order chi connectivity index (χ1) is 11.8. The summed E-state index contributed by atoms with van der Waals surface area (Å²) < 4.78 is 0. The number of imidazole rings is 1. The molecule has 2 aromatic rings. The Bertz CT molecular complexity index is 724. The van der Waals surface area contributed by atoms with Gasteiger partial charge >= 0.3 is 0 Å². The molecule has 3 rings (SSSR count). The number of Topliss-reactive ketones (excluding diaryl/α,β-unsaturated/α-hetero) is 1. The van der Waals surface area contributed by atoms with Crippen molar-refractivity contribution in [1.82, 2.24) is 14.9 Å². The largest absolute Gasteiger partial charge is 0.345 e. The second-order valence-electron chi connectivity index (χ2n) is 8.26. The summed E-state index contributed by atoms with van der Waals surface area (Å²) in [5.41, 5.74) is 3.35. The molecule has 0 saturated carbocycles. The molecule has 1 saturated heterocycles. The number of piperidine rings is 1. The summed E-state index contributed by atoms with van der Waals surface area (Å²) in [6, 6.07) is 8.20. The SMILES string of the molecule is Cc1ncc(CN2CCCC(C(=O)c3ccc(C(C)(C)C)cc3)C2)[nH]1. The van der Waals surface area contributed by atoms with Gasteiger partial charge in [0, 0.05) is 36.5 Å². The molecular formula is C21H29N3O. The second kappa shape index (κ2) is 7.12. The summed E-state index contributed by atoms with van der Waals surface area (Å²) in [5, 5.41) is 0. The van der Waals surface area contributed by atoms with Crippen molar-refractivity contribution in [2.75, 3.05) is 13.1 Å². The number of aromatic nitrogens is 2. The second-order valence-corrected chi connectivity index (χ2v) is 8.26. The van der Waals surface area contributed by atoms with E-state index in [1.165, 1.54) is 5.56 Å². The van der Waals surface area contributed by atoms with E-state index in [2.05, 4.69) is 47.8 Å². The van der Waals surface area contributed by atoms with Gasteiger partial charge < -0.3 is 4.98 Å². The summed E-state index contributed by atoms with van der Waals surface area (Å²) in [6.45, 7) is 11.3. The van der Waals surface area contributed by atoms with Crippen molar-refractivity contribution in [2.24, 2.45) is 5.92 Å². The van der Waals surface area contributed by atoms with Gasteiger partial charge in [-0.15, -0.1) is 0 Å². The van der Waals surface area contributed by atoms with E-state index in [9.17, 15) is 4.79 Å². The molecule has 1 aliphatic rings. The van der Waals surface area contributed by atoms with Crippen molar-refractivity contribution in [1.29, 1.82) is 0 Å². The van der Waals surface area contributed by atoms with E-state index in [4.69, 9.17) is 0 Å². The van der Waals surface area contributed by atoms with E-state index >= 15 is 0 Å². The zero-order valence-electron chi connectivity index (χ0n) is 15.8. The van der Waals surface area contributed by atoms with Crippen LogP contribution in [0.5, 0.6) is 0 Å². The molecule has 25 heavy (non-hydrogen) atoms. The average molecular weight is 339 g/mol. The van der Waals surface area contributed by atoms with Crippen molar-refractivity contribution in [2.45, 2.75) is 52.5 Å². The van der Waals surface area contributed by atoms with Crippen molar-refractivity contribution in [3.05, 3.63) is 53.1 Å². The Labute approximate surface area is 150 Å². The number of H-pyrrole nitrogens is 1. The number of aromatic amines is 1. The minimum atomic E-state index is 0.0956. The Morgan fingerprint density at radius 1 is 1.28 bits per heavy atom. The van der Waals surface area contributed by atoms with Gasteiger partial charge in [-0.2, -0.15) is 0 Å². The molecule has 0 amide bonds. The molecule has 1 unspecified atom stereocenters. The lowest BCUT2D eigenvalue weighted by atomic mass is 9.85. The molecule has 0 radical (unpaired) electrons. The number of nitrogens with one attached hydrogen (secondary N) is 1. The van der Waals surface area contributed by atoms with Gasteiger partial charge in [0.05, 0.1) is 0 Å². The van der Waals surface area contributed by atoms with Crippen molar-refractivity contribution >= 4 is 5.78 Å². The third-order valence-corrected chi connectivity index (χ3v) is 5.06. The Hall–Kier alpha value is -1.94. The molecule has 1 aromatic heterocycles. The van der Waals surface area contributed by atoms with E-state index in [1.807, 2.05) is 25.3 Å². The maximum Gasteiger partial charge on any atom is 0.167 e. The van der Waals surface area contributed by atoms with Gasteiger partial charge in [0.25, 0.3) is 0 Å². The first kappa shape index (κ1) is 17.9. The number of likely N-dealkylation sites (tertiary alicyclic amines) is 1. The van der Waals surface area contributed by atoms with Crippen LogP contribution in [0, 0.1) is 12.8 Å². The van der Waals surface area contributed by atoms with E-state index in [-0.39, 0.29) is 17.1 Å². The minimum Gasteiger partial charge on any atom is -0.345 e. The standard InChI is InChI=1S/C21H29N3O/c1-15-22-12-19(23-15)14-24-11-5-6-17(13-24)20(25)16-7-9-18(10-8-16)21(2,3)4/h7-10,12,17H,5-6,11,13-14H2,1-4H3,(H,22,23). The molecule has 4 nitrogen and oxygen atoms in total. The van der Waals surface area contributed by atoms with E-state index in [1.54, 1.807) is 0 Å². The third-order valence-electron chi connectivity index (χ3n) is 5.06. The molecule has 1 N–H and O–H groups in total. The fraction of sp³-hybridized carbons (Fsp3) is 0.524. The molecule has 1 aromatic carbocycles. The van der Waals surface area contributed by atoms with Crippen LogP contribution >= 0.6 is 0 Å². The maximum absolute atomic E-state index is 12.9. The van der Waals surface area contributed by atoms with Crippen molar-refractivity contribution in [3.8, 4) is 0 Å². The van der Waals surface area contributed by atoms with Gasteiger partial charge in [0.2, 0.25) is 0 Å². The number of ketones is 1. The van der Waals surface area contributed by atoms with Crippen LogP contribution in [-0.2, 0) is 12.0 Å². The summed E-state index contributed by atoms with van der Waals surface area (Å²) in [7, 11) is 0. The van der Waals surface area contributed by atoms with Crippen molar-refractivity contribution in [3.63, 3.8) is 0 Å². The molecule has 0 bridgehead atoms. The summed E-state index contributed by atoms with van der Waals surface area (Å²) in [5.74, 6) is 1.32. The molecule has 0 spiro atoms. The first-order valence-electron chi connectivity index (χ1n) is 9.20. The van der Waals surface area contributed by atoms with Crippen LogP contribution in [0.3, 0.4) is 0 Å². The molecule has 2 heterocycles. The lowest BCUT2D eigenvalue weighted by Gasteiger charge is -2.31. The minimum absolute atomic E-state index is 0.0956. The number of benzene rings is 1. The Morgan fingerprint density at radius 3 is 2.60 bits per heavy atom. The molecule has 0 aliphatic carbocycles. The maximum atomic E-state index is 12.9. The van der Waals surface area contributed by atoms with Gasteiger partial charge in [0.1, 0.15) is 5.82 Å². The summed E-state index contributed by atoms with van der Waals surface area (Å²) in [4.78, 5) is 22.8. The van der Waals surface area contributed by atoms with E-state index < -0.39 is 0 Å². The lowest BCUT2D eigenvalue weighted by Crippen LogP contribution is -2.38. The van der Waals surface area contributed by atoms with Gasteiger partial charge in [-0.25, -0.2) is 4.98 Å². The molecule has 1 aliphatic heterocycles. The van der Waals surface area contributed by atoms with Crippen molar-refractivity contribution < 1.29 is 4.79 Å². The summed E-state index contributed by atoms with van der Waals surface area (Å²) in [6.07, 6.45) is 3.95. The van der Waals surface area contributed by atoms with Crippen LogP contribution in [0.2, 0.25) is 0 Å². The highest BCUT2D eigenvalue weighted by molar-refractivity contribution is 5.98. The smallest absolute Gasteiger partial charge is 0.167 e. The molecule has 1 atom stereocenters. The van der Waals surface area contributed by atoms with Crippen LogP contribution in [0.4, 0.5) is 0 Å². The van der Waals surface area contributed by atoms with Crippen LogP contribution in [0.15, 0.2) is 30.5 Å².